The number of nitrogens with zero attached hydrogens (tertiary/aromatic N) is 1. The summed E-state index contributed by atoms with van der Waals surface area (Å²) in [6, 6.07) is 9.40. The van der Waals surface area contributed by atoms with Crippen LogP contribution in [0, 0.1) is 30.4 Å². The number of aryl methyl sites for hydroxylation is 1. The first-order valence-electron chi connectivity index (χ1n) is 8.06. The molecule has 142 valence electrons. The molecule has 0 aromatic heterocycles. The number of nitrogens with one attached hydrogen (secondary N) is 1. The lowest BCUT2D eigenvalue weighted by molar-refractivity contribution is 0.580. The quantitative estimate of drug-likeness (QED) is 0.427. The molecule has 0 radical (unpaired) electrons. The van der Waals surface area contributed by atoms with E-state index in [1.165, 1.54) is 31.8 Å². The van der Waals surface area contributed by atoms with Gasteiger partial charge < -0.3 is 10.5 Å². The van der Waals surface area contributed by atoms with Crippen molar-refractivity contribution in [2.45, 2.75) is 11.8 Å². The van der Waals surface area contributed by atoms with Gasteiger partial charge in [0.25, 0.3) is 0 Å². The minimum atomic E-state index is -3.13. The minimum Gasteiger partial charge on any atom is -0.404 e. The number of aliphatic imine (C=N–C) groups is 1. The Kier molecular flexibility index (Phi) is 6.48. The number of allylic oxidation sites excluding steroid dienone is 1. The van der Waals surface area contributed by atoms with E-state index in [1.807, 2.05) is 19.1 Å². The summed E-state index contributed by atoms with van der Waals surface area (Å²) in [6.45, 7) is 1.82. The van der Waals surface area contributed by atoms with Crippen LogP contribution >= 0.6 is 0 Å². The van der Waals surface area contributed by atoms with Gasteiger partial charge in [-0.2, -0.15) is 0 Å². The van der Waals surface area contributed by atoms with Crippen molar-refractivity contribution in [1.82, 2.24) is 0 Å². The molecule has 7 heteroatoms. The summed E-state index contributed by atoms with van der Waals surface area (Å²) < 4.78 is 44.7. The third kappa shape index (κ3) is 4.80. The molecule has 0 fully saturated rings. The van der Waals surface area contributed by atoms with Crippen molar-refractivity contribution in [2.75, 3.05) is 18.0 Å². The van der Waals surface area contributed by atoms with Crippen molar-refractivity contribution in [3.8, 4) is 11.8 Å². The van der Waals surface area contributed by atoms with Crippen LogP contribution in [-0.4, -0.2) is 23.7 Å². The predicted octanol–water partition coefficient (Wildman–Crippen LogP) is 3.20. The fourth-order valence-corrected chi connectivity index (χ4v) is 4.35. The van der Waals surface area contributed by atoms with Crippen LogP contribution in [0.15, 0.2) is 58.1 Å². The lowest BCUT2D eigenvalue weighted by atomic mass is 10.1. The summed E-state index contributed by atoms with van der Waals surface area (Å²) in [7, 11) is -1.60. The summed E-state index contributed by atoms with van der Waals surface area (Å²) in [5.74, 6) is 3.25. The van der Waals surface area contributed by atoms with E-state index in [4.69, 9.17) is 5.73 Å². The van der Waals surface area contributed by atoms with Gasteiger partial charge in [0.05, 0.1) is 16.8 Å². The van der Waals surface area contributed by atoms with E-state index < -0.39 is 27.3 Å². The molecule has 0 bridgehead atoms. The van der Waals surface area contributed by atoms with Gasteiger partial charge in [-0.1, -0.05) is 30.0 Å². The van der Waals surface area contributed by atoms with Gasteiger partial charge in [-0.05, 0) is 40.8 Å². The van der Waals surface area contributed by atoms with Gasteiger partial charge in [-0.3, -0.25) is 9.20 Å². The van der Waals surface area contributed by atoms with E-state index in [9.17, 15) is 13.0 Å². The zero-order chi connectivity index (χ0) is 20.0. The first-order chi connectivity index (χ1) is 12.8. The van der Waals surface area contributed by atoms with E-state index in [2.05, 4.69) is 21.6 Å². The van der Waals surface area contributed by atoms with Crippen LogP contribution in [0.3, 0.4) is 0 Å². The molecule has 0 saturated heterocycles. The topological polar surface area (TPSA) is 67.5 Å². The van der Waals surface area contributed by atoms with E-state index in [0.717, 1.165) is 11.6 Å². The molecule has 3 N–H and O–H groups in total. The average Bonchev–Trinajstić information content (AvgIpc) is 2.63. The maximum atomic E-state index is 14.8. The number of rotatable bonds is 4. The molecule has 0 atom stereocenters. The minimum absolute atomic E-state index is 0.0859. The number of hydrogen-bond acceptors (Lipinski definition) is 3. The van der Waals surface area contributed by atoms with Crippen LogP contribution in [0.1, 0.15) is 11.1 Å². The average molecular weight is 389 g/mol. The van der Waals surface area contributed by atoms with Crippen LogP contribution in [-0.2, 0) is 10.1 Å². The van der Waals surface area contributed by atoms with Crippen LogP contribution in [0.4, 0.5) is 14.5 Å². The lowest BCUT2D eigenvalue weighted by Gasteiger charge is -2.24. The van der Waals surface area contributed by atoms with E-state index in [0.29, 0.717) is 10.5 Å². The lowest BCUT2D eigenvalue weighted by Crippen LogP contribution is -2.22. The van der Waals surface area contributed by atoms with Gasteiger partial charge in [-0.25, -0.2) is 8.78 Å². The molecule has 2 rings (SSSR count). The van der Waals surface area contributed by atoms with Crippen molar-refractivity contribution in [3.63, 3.8) is 0 Å². The van der Waals surface area contributed by atoms with Crippen molar-refractivity contribution in [1.29, 1.82) is 0 Å². The van der Waals surface area contributed by atoms with E-state index in [-0.39, 0.29) is 5.69 Å². The predicted molar refractivity (Wildman–Crippen MR) is 108 cm³/mol. The van der Waals surface area contributed by atoms with Crippen molar-refractivity contribution in [3.05, 3.63) is 70.9 Å². The highest BCUT2D eigenvalue weighted by atomic mass is 32.3. The van der Waals surface area contributed by atoms with Crippen LogP contribution in [0.25, 0.3) is 0 Å². The van der Waals surface area contributed by atoms with Gasteiger partial charge in [0.1, 0.15) is 5.82 Å². The molecular weight excluding hydrogens is 368 g/mol. The Labute approximate surface area is 158 Å². The molecule has 0 amide bonds. The fraction of sp³-hybridized carbons (Fsp3) is 0.150. The van der Waals surface area contributed by atoms with Gasteiger partial charge in [-0.15, -0.1) is 0 Å². The maximum Gasteiger partial charge on any atom is 0.165 e. The number of hydrogen-bond donors (Lipinski definition) is 3. The number of halogens is 2. The number of thiol groups is 1. The molecule has 0 aliphatic heterocycles. The largest absolute Gasteiger partial charge is 0.404 e. The molecule has 4 nitrogen and oxygen atoms in total. The second-order valence-corrected chi connectivity index (χ2v) is 8.42. The normalized spacial score (nSPS) is 12.6. The maximum absolute atomic E-state index is 14.8. The molecule has 27 heavy (non-hydrogen) atoms. The highest BCUT2D eigenvalue weighted by molar-refractivity contribution is 8.03. The summed E-state index contributed by atoms with van der Waals surface area (Å²) in [6.07, 6.45) is 4.07. The highest BCUT2D eigenvalue weighted by Crippen LogP contribution is 2.27. The first kappa shape index (κ1) is 20.3. The fourth-order valence-electron chi connectivity index (χ4n) is 2.48. The molecule has 0 saturated carbocycles. The second kappa shape index (κ2) is 8.60. The monoisotopic (exact) mass is 389 g/mol. The standard InChI is InChI=1S/C20H21F2N3OS/c1-14-6-4-5-7-19(14)27(3,26)25-18-11-10-17(21)16(20(18)22)9-8-15(12-23)13-24-2/h4-7,10-13,27H,23H2,1-3H3,(H,25,26)/b15-12-,24-13-. The summed E-state index contributed by atoms with van der Waals surface area (Å²) in [5.41, 5.74) is 6.01. The molecule has 0 aliphatic carbocycles. The molecular formula is C20H21F2N3OS. The SMILES string of the molecule is C/N=C\C(C#Cc1c(F)ccc(N[SH](C)(=O)c2ccccc2C)c1F)=C/N. The van der Waals surface area contributed by atoms with E-state index >= 15 is 0 Å². The molecule has 2 aromatic rings. The van der Waals surface area contributed by atoms with Gasteiger partial charge in [0.15, 0.2) is 5.82 Å². The first-order valence-corrected chi connectivity index (χ1v) is 10.2. The second-order valence-electron chi connectivity index (χ2n) is 5.87. The molecule has 0 unspecified atom stereocenters. The Bertz CT molecular complexity index is 1020. The summed E-state index contributed by atoms with van der Waals surface area (Å²) in [4.78, 5) is 4.34. The zero-order valence-corrected chi connectivity index (χ0v) is 16.1. The Morgan fingerprint density at radius 3 is 2.59 bits per heavy atom. The van der Waals surface area contributed by atoms with Gasteiger partial charge in [0.2, 0.25) is 0 Å². The number of nitrogens with two attached hydrogens (primary N) is 1. The Morgan fingerprint density at radius 1 is 1.26 bits per heavy atom. The third-order valence-electron chi connectivity index (χ3n) is 3.78. The molecule has 0 spiro atoms. The van der Waals surface area contributed by atoms with E-state index in [1.54, 1.807) is 12.1 Å². The van der Waals surface area contributed by atoms with Crippen molar-refractivity contribution in [2.24, 2.45) is 10.7 Å². The third-order valence-corrected chi connectivity index (χ3v) is 5.87. The Balaban J connectivity index is 2.45. The molecule has 2 aromatic carbocycles. The van der Waals surface area contributed by atoms with Gasteiger partial charge in [0, 0.05) is 30.6 Å². The van der Waals surface area contributed by atoms with Crippen LogP contribution < -0.4 is 10.5 Å². The Hall–Kier alpha value is -2.98. The molecule has 0 aliphatic rings. The van der Waals surface area contributed by atoms with Crippen LogP contribution in [0.2, 0.25) is 0 Å². The summed E-state index contributed by atoms with van der Waals surface area (Å²) >= 11 is 0. The smallest absolute Gasteiger partial charge is 0.165 e. The number of benzene rings is 2. The van der Waals surface area contributed by atoms with Crippen molar-refractivity contribution < 1.29 is 13.0 Å². The Morgan fingerprint density at radius 2 is 1.96 bits per heavy atom. The zero-order valence-electron chi connectivity index (χ0n) is 15.3. The summed E-state index contributed by atoms with van der Waals surface area (Å²) in [5, 5.41) is 0. The van der Waals surface area contributed by atoms with Crippen molar-refractivity contribution >= 4 is 22.0 Å². The molecule has 0 heterocycles. The highest BCUT2D eigenvalue weighted by Gasteiger charge is 2.18. The van der Waals surface area contributed by atoms with Crippen LogP contribution in [0.5, 0.6) is 0 Å². The van der Waals surface area contributed by atoms with Gasteiger partial charge >= 0.3 is 0 Å². The number of anilines is 1.